The molecule has 0 spiro atoms. The molecule has 2 nitrogen and oxygen atoms in total. The molecule has 0 atom stereocenters. The van der Waals surface area contributed by atoms with Crippen LogP contribution < -0.4 is 58.2 Å². The Morgan fingerprint density at radius 1 is 1.55 bits per heavy atom. The first-order valence-corrected chi connectivity index (χ1v) is 3.26. The second-order valence-corrected chi connectivity index (χ2v) is 2.53. The van der Waals surface area contributed by atoms with Crippen LogP contribution in [-0.2, 0) is 0 Å². The molecule has 0 unspecified atom stereocenters. The number of rotatable bonds is 1. The average molecular weight is 222 g/mol. The van der Waals surface area contributed by atoms with Crippen molar-refractivity contribution in [3.8, 4) is 5.75 Å². The van der Waals surface area contributed by atoms with Crippen LogP contribution >= 0.6 is 0 Å². The largest absolute Gasteiger partial charge is 1.00 e. The topological polar surface area (TPSA) is 33.1 Å². The fourth-order valence-corrected chi connectivity index (χ4v) is 0.800. The molecule has 0 bridgehead atoms. The molecule has 1 heterocycles. The Hall–Kier alpha value is 0.755. The van der Waals surface area contributed by atoms with Crippen LogP contribution in [0.25, 0.3) is 0 Å². The van der Waals surface area contributed by atoms with Gasteiger partial charge >= 0.3 is 58.2 Å². The maximum absolute atomic E-state index is 9.21. The average Bonchev–Trinajstić information content (AvgIpc) is 1.88. The molecule has 1 aromatic heterocycles. The zero-order valence-corrected chi connectivity index (χ0v) is 12.0. The van der Waals surface area contributed by atoms with Gasteiger partial charge in [-0.15, -0.1) is 6.07 Å². The Labute approximate surface area is 116 Å². The summed E-state index contributed by atoms with van der Waals surface area (Å²) in [7, 11) is 0. The monoisotopic (exact) mass is 221 g/mol. The maximum atomic E-state index is 9.21. The van der Waals surface area contributed by atoms with Crippen molar-refractivity contribution < 1.29 is 63.3 Å². The Morgan fingerprint density at radius 3 is 2.55 bits per heavy atom. The number of aromatic hydroxyl groups is 1. The van der Waals surface area contributed by atoms with E-state index in [1.807, 2.05) is 13.8 Å². The molecule has 1 aromatic rings. The van der Waals surface area contributed by atoms with Gasteiger partial charge in [-0.05, 0) is 5.92 Å². The van der Waals surface area contributed by atoms with Crippen molar-refractivity contribution in [3.63, 3.8) is 0 Å². The van der Waals surface area contributed by atoms with E-state index in [1.165, 1.54) is 6.07 Å². The van der Waals surface area contributed by atoms with Crippen LogP contribution in [0.3, 0.4) is 0 Å². The van der Waals surface area contributed by atoms with Crippen molar-refractivity contribution in [2.75, 3.05) is 0 Å². The summed E-state index contributed by atoms with van der Waals surface area (Å²) < 4.78 is 0. The first-order valence-electron chi connectivity index (χ1n) is 3.26. The molecule has 0 saturated carbocycles. The number of nitrogens with zero attached hydrogens (tertiary/aromatic N) is 1. The molecule has 0 amide bonds. The summed E-state index contributed by atoms with van der Waals surface area (Å²) in [5.41, 5.74) is 0.874. The van der Waals surface area contributed by atoms with Gasteiger partial charge in [0.15, 0.2) is 0 Å². The van der Waals surface area contributed by atoms with Crippen LogP contribution in [0.5, 0.6) is 5.75 Å². The van der Waals surface area contributed by atoms with Crippen molar-refractivity contribution in [2.24, 2.45) is 0 Å². The van der Waals surface area contributed by atoms with E-state index in [-0.39, 0.29) is 63.9 Å². The molecule has 1 N–H and O–H groups in total. The predicted octanol–water partition coefficient (Wildman–Crippen LogP) is -1.29. The van der Waals surface area contributed by atoms with E-state index in [0.29, 0.717) is 5.92 Å². The molecule has 1 rings (SSSR count). The molecule has 0 aliphatic heterocycles. The van der Waals surface area contributed by atoms with Crippen LogP contribution in [-0.4, -0.2) is 10.1 Å². The second-order valence-electron chi connectivity index (χ2n) is 2.53. The summed E-state index contributed by atoms with van der Waals surface area (Å²) in [6.45, 7) is 4.02. The minimum Gasteiger partial charge on any atom is -0.565 e. The summed E-state index contributed by atoms with van der Waals surface area (Å²) in [5, 5.41) is 9.21. The van der Waals surface area contributed by atoms with Crippen molar-refractivity contribution >= 4 is 0 Å². The normalized spacial score (nSPS) is 9.36. The Balaban J connectivity index is 0.000001000. The van der Waals surface area contributed by atoms with E-state index < -0.39 is 0 Å². The molecule has 54 valence electrons. The van der Waals surface area contributed by atoms with Crippen molar-refractivity contribution in [1.82, 2.24) is 4.98 Å². The van der Waals surface area contributed by atoms with Crippen molar-refractivity contribution in [3.05, 3.63) is 24.0 Å². The first-order chi connectivity index (χ1) is 4.72. The molecular weight excluding hydrogens is 212 g/mol. The zero-order valence-electron chi connectivity index (χ0n) is 7.13. The van der Waals surface area contributed by atoms with Gasteiger partial charge < -0.3 is 10.1 Å². The molecule has 0 aliphatic rings. The standard InChI is InChI=1S/C8H10NO.Rb/c1-6(2)7-5-9-4-3-8(7)10;/h3,5-6H,1-2H3,(H,9,10);/q-1;+1. The smallest absolute Gasteiger partial charge is 0.565 e. The minimum absolute atomic E-state index is 0. The van der Waals surface area contributed by atoms with E-state index in [1.54, 1.807) is 6.20 Å². The van der Waals surface area contributed by atoms with Crippen LogP contribution in [0.2, 0.25) is 0 Å². The molecular formula is C8H10NORb. The Kier molecular flexibility index (Phi) is 5.78. The summed E-state index contributed by atoms with van der Waals surface area (Å²) in [6.07, 6.45) is 4.19. The molecule has 11 heavy (non-hydrogen) atoms. The van der Waals surface area contributed by atoms with Gasteiger partial charge in [0.05, 0.1) is 0 Å². The number of hydrogen-bond donors (Lipinski definition) is 1. The minimum atomic E-state index is 0. The van der Waals surface area contributed by atoms with Gasteiger partial charge in [-0.3, -0.25) is 0 Å². The van der Waals surface area contributed by atoms with Gasteiger partial charge in [-0.1, -0.05) is 31.8 Å². The van der Waals surface area contributed by atoms with Crippen LogP contribution in [0.4, 0.5) is 0 Å². The van der Waals surface area contributed by atoms with Crippen LogP contribution in [0.15, 0.2) is 12.3 Å². The van der Waals surface area contributed by atoms with E-state index in [9.17, 15) is 5.11 Å². The van der Waals surface area contributed by atoms with Gasteiger partial charge in [0.1, 0.15) is 0 Å². The molecule has 0 radical (unpaired) electrons. The third kappa shape index (κ3) is 3.32. The third-order valence-corrected chi connectivity index (χ3v) is 1.40. The van der Waals surface area contributed by atoms with Gasteiger partial charge in [-0.2, -0.15) is 0 Å². The van der Waals surface area contributed by atoms with Gasteiger partial charge in [-0.25, -0.2) is 0 Å². The molecule has 0 saturated heterocycles. The SMILES string of the molecule is CC(C)c1cn[c-]cc1O.[Rb+]. The quantitative estimate of drug-likeness (QED) is 0.599. The third-order valence-electron chi connectivity index (χ3n) is 1.40. The number of hydrogen-bond acceptors (Lipinski definition) is 2. The molecule has 0 fully saturated rings. The van der Waals surface area contributed by atoms with E-state index in [0.717, 1.165) is 5.56 Å². The molecule has 0 aromatic carbocycles. The summed E-state index contributed by atoms with van der Waals surface area (Å²) in [5.74, 6) is 0.604. The predicted molar refractivity (Wildman–Crippen MR) is 38.8 cm³/mol. The van der Waals surface area contributed by atoms with Crippen LogP contribution in [0, 0.1) is 6.20 Å². The summed E-state index contributed by atoms with van der Waals surface area (Å²) in [4.78, 5) is 3.78. The van der Waals surface area contributed by atoms with E-state index in [2.05, 4.69) is 11.2 Å². The number of aromatic nitrogens is 1. The van der Waals surface area contributed by atoms with Gasteiger partial charge in [0.25, 0.3) is 0 Å². The summed E-state index contributed by atoms with van der Waals surface area (Å²) >= 11 is 0. The van der Waals surface area contributed by atoms with Crippen LogP contribution in [0.1, 0.15) is 25.3 Å². The van der Waals surface area contributed by atoms with Crippen molar-refractivity contribution in [1.29, 1.82) is 0 Å². The number of pyridine rings is 1. The van der Waals surface area contributed by atoms with E-state index in [4.69, 9.17) is 0 Å². The van der Waals surface area contributed by atoms with Crippen molar-refractivity contribution in [2.45, 2.75) is 19.8 Å². The Bertz CT molecular complexity index is 225. The van der Waals surface area contributed by atoms with Gasteiger partial charge in [0.2, 0.25) is 0 Å². The zero-order chi connectivity index (χ0) is 7.56. The molecule has 3 heteroatoms. The first kappa shape index (κ1) is 11.8. The fourth-order valence-electron chi connectivity index (χ4n) is 0.800. The fraction of sp³-hybridized carbons (Fsp3) is 0.375. The second kappa shape index (κ2) is 5.41. The Morgan fingerprint density at radius 2 is 2.18 bits per heavy atom. The summed E-state index contributed by atoms with van der Waals surface area (Å²) in [6, 6.07) is 1.48. The maximum Gasteiger partial charge on any atom is 1.00 e. The van der Waals surface area contributed by atoms with E-state index >= 15 is 0 Å². The van der Waals surface area contributed by atoms with Gasteiger partial charge in [0, 0.05) is 5.75 Å². The molecule has 0 aliphatic carbocycles.